The molecule has 0 spiro atoms. The van der Waals surface area contributed by atoms with Gasteiger partial charge in [0.05, 0.1) is 10.9 Å². The summed E-state index contributed by atoms with van der Waals surface area (Å²) < 4.78 is 0. The minimum absolute atomic E-state index is 0.178. The molecule has 0 unspecified atom stereocenters. The van der Waals surface area contributed by atoms with E-state index >= 15 is 0 Å². The fourth-order valence-corrected chi connectivity index (χ4v) is 2.92. The molecule has 7 heteroatoms. The molecule has 0 saturated carbocycles. The number of para-hydroxylation sites is 1. The number of aryl methyl sites for hydroxylation is 1. The smallest absolute Gasteiger partial charge is 0.258 e. The molecule has 2 aromatic carbocycles. The van der Waals surface area contributed by atoms with Crippen LogP contribution in [0.25, 0.3) is 10.9 Å². The Balaban J connectivity index is 1.61. The molecule has 1 aromatic heterocycles. The monoisotopic (exact) mass is 364 g/mol. The average molecular weight is 364 g/mol. The molecule has 0 aliphatic rings. The molecule has 27 heavy (non-hydrogen) atoms. The zero-order chi connectivity index (χ0) is 19.4. The van der Waals surface area contributed by atoms with E-state index in [1.54, 1.807) is 43.3 Å². The molecule has 4 N–H and O–H groups in total. The fraction of sp³-hybridized carbons (Fsp3) is 0.200. The van der Waals surface area contributed by atoms with E-state index in [0.717, 1.165) is 0 Å². The largest absolute Gasteiger partial charge is 0.366 e. The van der Waals surface area contributed by atoms with E-state index in [0.29, 0.717) is 46.4 Å². The molecule has 1 heterocycles. The maximum absolute atomic E-state index is 12.2. The molecule has 3 rings (SSSR count). The van der Waals surface area contributed by atoms with Crippen LogP contribution < -0.4 is 16.6 Å². The Morgan fingerprint density at radius 3 is 2.70 bits per heavy atom. The van der Waals surface area contributed by atoms with Crippen LogP contribution in [-0.4, -0.2) is 21.8 Å². The number of nitrogens with zero attached hydrogens (tertiary/aromatic N) is 1. The Kier molecular flexibility index (Phi) is 5.30. The molecule has 2 amide bonds. The zero-order valence-corrected chi connectivity index (χ0v) is 14.9. The van der Waals surface area contributed by atoms with Crippen molar-refractivity contribution in [2.45, 2.75) is 26.2 Å². The number of primary amides is 1. The van der Waals surface area contributed by atoms with Gasteiger partial charge >= 0.3 is 0 Å². The van der Waals surface area contributed by atoms with Crippen LogP contribution in [0.1, 0.15) is 34.6 Å². The molecule has 0 saturated heterocycles. The number of amides is 2. The van der Waals surface area contributed by atoms with Gasteiger partial charge in [0.25, 0.3) is 5.56 Å². The summed E-state index contributed by atoms with van der Waals surface area (Å²) in [5, 5.41) is 3.34. The average Bonchev–Trinajstić information content (AvgIpc) is 2.63. The summed E-state index contributed by atoms with van der Waals surface area (Å²) in [5.74, 6) is -0.156. The van der Waals surface area contributed by atoms with Crippen LogP contribution in [0.3, 0.4) is 0 Å². The second-order valence-corrected chi connectivity index (χ2v) is 6.27. The molecular formula is C20H20N4O3. The van der Waals surface area contributed by atoms with E-state index in [1.807, 2.05) is 6.07 Å². The Morgan fingerprint density at radius 1 is 1.15 bits per heavy atom. The van der Waals surface area contributed by atoms with Gasteiger partial charge in [-0.1, -0.05) is 18.2 Å². The van der Waals surface area contributed by atoms with Crippen LogP contribution in [0.4, 0.5) is 5.69 Å². The molecule has 0 fully saturated rings. The minimum atomic E-state index is -0.532. The predicted molar refractivity (Wildman–Crippen MR) is 104 cm³/mol. The van der Waals surface area contributed by atoms with E-state index < -0.39 is 5.91 Å². The number of aromatic amines is 1. The number of carbonyl (C=O) groups is 2. The first kappa shape index (κ1) is 18.3. The standard InChI is InChI=1S/C20H20N4O3/c1-12-13(19(21)26)7-4-9-15(12)23-18(25)11-5-10-17-22-16-8-3-2-6-14(16)20(27)24-17/h2-4,6-9H,5,10-11H2,1H3,(H2,21,26)(H,23,25)(H,22,24,27). The van der Waals surface area contributed by atoms with Gasteiger partial charge in [-0.05, 0) is 43.2 Å². The third-order valence-corrected chi connectivity index (χ3v) is 4.35. The molecule has 0 aliphatic heterocycles. The number of hydrogen-bond acceptors (Lipinski definition) is 4. The Bertz CT molecular complexity index is 1070. The highest BCUT2D eigenvalue weighted by Gasteiger charge is 2.11. The topological polar surface area (TPSA) is 118 Å². The lowest BCUT2D eigenvalue weighted by atomic mass is 10.1. The molecular weight excluding hydrogens is 344 g/mol. The summed E-state index contributed by atoms with van der Waals surface area (Å²) in [4.78, 5) is 42.8. The number of fused-ring (bicyclic) bond motifs is 1. The van der Waals surface area contributed by atoms with Crippen molar-refractivity contribution in [3.8, 4) is 0 Å². The number of rotatable bonds is 6. The number of H-pyrrole nitrogens is 1. The first-order valence-corrected chi connectivity index (χ1v) is 8.63. The molecule has 0 bridgehead atoms. The summed E-state index contributed by atoms with van der Waals surface area (Å²) in [6.45, 7) is 1.74. The van der Waals surface area contributed by atoms with Gasteiger partial charge in [-0.15, -0.1) is 0 Å². The second kappa shape index (κ2) is 7.82. The van der Waals surface area contributed by atoms with E-state index in [9.17, 15) is 14.4 Å². The van der Waals surface area contributed by atoms with Crippen molar-refractivity contribution in [1.29, 1.82) is 0 Å². The molecule has 0 atom stereocenters. The lowest BCUT2D eigenvalue weighted by Crippen LogP contribution is -2.17. The molecule has 7 nitrogen and oxygen atoms in total. The fourth-order valence-electron chi connectivity index (χ4n) is 2.92. The molecule has 0 aliphatic carbocycles. The van der Waals surface area contributed by atoms with Crippen molar-refractivity contribution in [2.75, 3.05) is 5.32 Å². The van der Waals surface area contributed by atoms with Crippen molar-refractivity contribution >= 4 is 28.4 Å². The number of hydrogen-bond donors (Lipinski definition) is 3. The maximum atomic E-state index is 12.2. The Hall–Kier alpha value is -3.48. The summed E-state index contributed by atoms with van der Waals surface area (Å²) in [6, 6.07) is 12.1. The summed E-state index contributed by atoms with van der Waals surface area (Å²) >= 11 is 0. The van der Waals surface area contributed by atoms with Crippen LogP contribution in [-0.2, 0) is 11.2 Å². The van der Waals surface area contributed by atoms with Crippen molar-refractivity contribution in [3.05, 3.63) is 69.8 Å². The highest BCUT2D eigenvalue weighted by Crippen LogP contribution is 2.19. The zero-order valence-electron chi connectivity index (χ0n) is 14.9. The van der Waals surface area contributed by atoms with Gasteiger partial charge < -0.3 is 16.0 Å². The summed E-state index contributed by atoms with van der Waals surface area (Å²) in [5.41, 5.74) is 7.36. The van der Waals surface area contributed by atoms with Crippen LogP contribution in [0, 0.1) is 6.92 Å². The van der Waals surface area contributed by atoms with Crippen molar-refractivity contribution in [1.82, 2.24) is 9.97 Å². The number of benzene rings is 2. The number of anilines is 1. The van der Waals surface area contributed by atoms with E-state index in [2.05, 4.69) is 15.3 Å². The van der Waals surface area contributed by atoms with Crippen LogP contribution in [0.15, 0.2) is 47.3 Å². The van der Waals surface area contributed by atoms with Crippen LogP contribution >= 0.6 is 0 Å². The molecule has 0 radical (unpaired) electrons. The van der Waals surface area contributed by atoms with E-state index in [-0.39, 0.29) is 17.9 Å². The van der Waals surface area contributed by atoms with Crippen molar-refractivity contribution in [2.24, 2.45) is 5.73 Å². The van der Waals surface area contributed by atoms with Crippen LogP contribution in [0.5, 0.6) is 0 Å². The number of nitrogens with one attached hydrogen (secondary N) is 2. The maximum Gasteiger partial charge on any atom is 0.258 e. The first-order valence-electron chi connectivity index (χ1n) is 8.63. The van der Waals surface area contributed by atoms with E-state index in [4.69, 9.17) is 5.73 Å². The number of nitrogens with two attached hydrogens (primary N) is 1. The van der Waals surface area contributed by atoms with Gasteiger partial charge in [-0.2, -0.15) is 0 Å². The van der Waals surface area contributed by atoms with Gasteiger partial charge in [0.1, 0.15) is 5.82 Å². The summed E-state index contributed by atoms with van der Waals surface area (Å²) in [7, 11) is 0. The third kappa shape index (κ3) is 4.20. The molecule has 138 valence electrons. The third-order valence-electron chi connectivity index (χ3n) is 4.35. The second-order valence-electron chi connectivity index (χ2n) is 6.27. The number of aromatic nitrogens is 2. The van der Waals surface area contributed by atoms with E-state index in [1.165, 1.54) is 0 Å². The molecule has 3 aromatic rings. The quantitative estimate of drug-likeness (QED) is 0.622. The van der Waals surface area contributed by atoms with Crippen LogP contribution in [0.2, 0.25) is 0 Å². The first-order chi connectivity index (χ1) is 13.0. The normalized spacial score (nSPS) is 10.7. The van der Waals surface area contributed by atoms with Gasteiger partial charge in [0.15, 0.2) is 0 Å². The minimum Gasteiger partial charge on any atom is -0.366 e. The number of carbonyl (C=O) groups excluding carboxylic acids is 2. The highest BCUT2D eigenvalue weighted by atomic mass is 16.2. The Labute approximate surface area is 155 Å². The SMILES string of the molecule is Cc1c(NC(=O)CCCc2nc3ccccc3c(=O)[nH]2)cccc1C(N)=O. The van der Waals surface area contributed by atoms with Crippen molar-refractivity contribution < 1.29 is 9.59 Å². The lowest BCUT2D eigenvalue weighted by Gasteiger charge is -2.10. The van der Waals surface area contributed by atoms with Gasteiger partial charge in [0.2, 0.25) is 11.8 Å². The van der Waals surface area contributed by atoms with Gasteiger partial charge in [-0.3, -0.25) is 14.4 Å². The van der Waals surface area contributed by atoms with Crippen molar-refractivity contribution in [3.63, 3.8) is 0 Å². The van der Waals surface area contributed by atoms with Gasteiger partial charge in [-0.25, -0.2) is 4.98 Å². The Morgan fingerprint density at radius 2 is 1.93 bits per heavy atom. The predicted octanol–water partition coefficient (Wildman–Crippen LogP) is 2.29. The summed E-state index contributed by atoms with van der Waals surface area (Å²) in [6.07, 6.45) is 1.27. The lowest BCUT2D eigenvalue weighted by molar-refractivity contribution is -0.116. The van der Waals surface area contributed by atoms with Gasteiger partial charge in [0, 0.05) is 24.1 Å². The highest BCUT2D eigenvalue weighted by molar-refractivity contribution is 5.98.